The minimum absolute atomic E-state index is 0.569. The van der Waals surface area contributed by atoms with Crippen LogP contribution in [-0.4, -0.2) is 30.3 Å². The van der Waals surface area contributed by atoms with E-state index in [2.05, 4.69) is 54.8 Å². The van der Waals surface area contributed by atoms with E-state index in [1.807, 2.05) is 0 Å². The highest BCUT2D eigenvalue weighted by molar-refractivity contribution is 7.80. The van der Waals surface area contributed by atoms with Crippen LogP contribution in [0.25, 0.3) is 0 Å². The molecule has 0 bridgehead atoms. The molecule has 2 heteroatoms. The average molecular weight is 263 g/mol. The van der Waals surface area contributed by atoms with E-state index in [1.165, 1.54) is 37.9 Å². The van der Waals surface area contributed by atoms with Gasteiger partial charge in [-0.1, -0.05) is 37.3 Å². The number of thiol groups is 1. The summed E-state index contributed by atoms with van der Waals surface area (Å²) in [7, 11) is 0. The Morgan fingerprint density at radius 1 is 1.28 bits per heavy atom. The van der Waals surface area contributed by atoms with Crippen LogP contribution in [0, 0.1) is 5.92 Å². The Hall–Kier alpha value is -0.470. The molecule has 1 aromatic carbocycles. The largest absolute Gasteiger partial charge is 0.302 e. The van der Waals surface area contributed by atoms with Gasteiger partial charge in [0.1, 0.15) is 0 Å². The third-order valence-electron chi connectivity index (χ3n) is 3.72. The van der Waals surface area contributed by atoms with E-state index in [0.717, 1.165) is 18.2 Å². The molecule has 1 nitrogen and oxygen atoms in total. The van der Waals surface area contributed by atoms with Crippen molar-refractivity contribution in [2.75, 3.05) is 25.4 Å². The predicted molar refractivity (Wildman–Crippen MR) is 82.5 cm³/mol. The summed E-state index contributed by atoms with van der Waals surface area (Å²) in [6, 6.07) is 10.8. The van der Waals surface area contributed by atoms with Gasteiger partial charge in [0.25, 0.3) is 0 Å². The lowest BCUT2D eigenvalue weighted by molar-refractivity contribution is 0.252. The van der Waals surface area contributed by atoms with Crippen LogP contribution >= 0.6 is 12.6 Å². The van der Waals surface area contributed by atoms with Crippen LogP contribution in [0.1, 0.15) is 37.7 Å². The van der Waals surface area contributed by atoms with Crippen molar-refractivity contribution < 1.29 is 0 Å². The van der Waals surface area contributed by atoms with Gasteiger partial charge >= 0.3 is 0 Å². The molecular formula is C16H25NS. The van der Waals surface area contributed by atoms with Gasteiger partial charge in [-0.25, -0.2) is 0 Å². The van der Waals surface area contributed by atoms with Gasteiger partial charge in [0, 0.05) is 19.0 Å². The molecule has 1 saturated carbocycles. The van der Waals surface area contributed by atoms with Crippen molar-refractivity contribution in [2.24, 2.45) is 5.92 Å². The number of benzene rings is 1. The summed E-state index contributed by atoms with van der Waals surface area (Å²) >= 11 is 4.55. The Morgan fingerprint density at radius 2 is 2.00 bits per heavy atom. The highest BCUT2D eigenvalue weighted by Gasteiger charge is 2.25. The van der Waals surface area contributed by atoms with Gasteiger partial charge in [0.2, 0.25) is 0 Å². The quantitative estimate of drug-likeness (QED) is 0.698. The maximum absolute atomic E-state index is 4.55. The van der Waals surface area contributed by atoms with Crippen LogP contribution < -0.4 is 0 Å². The summed E-state index contributed by atoms with van der Waals surface area (Å²) in [5, 5.41) is 0. The first-order chi connectivity index (χ1) is 8.83. The molecule has 0 aromatic heterocycles. The number of nitrogens with zero attached hydrogens (tertiary/aromatic N) is 1. The zero-order valence-corrected chi connectivity index (χ0v) is 12.3. The van der Waals surface area contributed by atoms with Crippen molar-refractivity contribution >= 4 is 12.6 Å². The van der Waals surface area contributed by atoms with Crippen LogP contribution in [0.3, 0.4) is 0 Å². The van der Waals surface area contributed by atoms with E-state index >= 15 is 0 Å². The lowest BCUT2D eigenvalue weighted by atomic mass is 10.0. The molecule has 0 spiro atoms. The number of hydrogen-bond donors (Lipinski definition) is 1. The van der Waals surface area contributed by atoms with Crippen LogP contribution in [0.15, 0.2) is 30.3 Å². The van der Waals surface area contributed by atoms with Gasteiger partial charge in [0.15, 0.2) is 0 Å². The second kappa shape index (κ2) is 7.20. The lowest BCUT2D eigenvalue weighted by Gasteiger charge is -2.26. The van der Waals surface area contributed by atoms with E-state index in [4.69, 9.17) is 0 Å². The summed E-state index contributed by atoms with van der Waals surface area (Å²) in [6.07, 6.45) is 4.13. The smallest absolute Gasteiger partial charge is 0.00582 e. The molecule has 0 N–H and O–H groups in total. The predicted octanol–water partition coefficient (Wildman–Crippen LogP) is 3.82. The molecule has 1 fully saturated rings. The molecule has 100 valence electrons. The molecule has 0 radical (unpaired) electrons. The Balaban J connectivity index is 1.93. The Labute approximate surface area is 117 Å². The van der Waals surface area contributed by atoms with Gasteiger partial charge < -0.3 is 4.90 Å². The van der Waals surface area contributed by atoms with E-state index in [0.29, 0.717) is 5.92 Å². The molecule has 1 aliphatic carbocycles. The maximum atomic E-state index is 4.55. The fourth-order valence-electron chi connectivity index (χ4n) is 2.54. The summed E-state index contributed by atoms with van der Waals surface area (Å²) in [6.45, 7) is 5.97. The standard InChI is InChI=1S/C16H25NS/c1-2-10-17(11-14-8-9-14)12-16(13-18)15-6-4-3-5-7-15/h3-7,14,16,18H,2,8-13H2,1H3. The van der Waals surface area contributed by atoms with Gasteiger partial charge in [-0.3, -0.25) is 0 Å². The van der Waals surface area contributed by atoms with Crippen LogP contribution in [0.4, 0.5) is 0 Å². The molecule has 1 atom stereocenters. The van der Waals surface area contributed by atoms with Gasteiger partial charge in [-0.15, -0.1) is 0 Å². The van der Waals surface area contributed by atoms with E-state index in [-0.39, 0.29) is 0 Å². The molecule has 0 amide bonds. The Kier molecular flexibility index (Phi) is 5.58. The molecule has 18 heavy (non-hydrogen) atoms. The first-order valence-electron chi connectivity index (χ1n) is 7.21. The minimum atomic E-state index is 0.569. The van der Waals surface area contributed by atoms with E-state index < -0.39 is 0 Å². The zero-order valence-electron chi connectivity index (χ0n) is 11.4. The summed E-state index contributed by atoms with van der Waals surface area (Å²) < 4.78 is 0. The van der Waals surface area contributed by atoms with E-state index in [1.54, 1.807) is 0 Å². The second-order valence-electron chi connectivity index (χ2n) is 5.49. The fraction of sp³-hybridized carbons (Fsp3) is 0.625. The lowest BCUT2D eigenvalue weighted by Crippen LogP contribution is -2.32. The van der Waals surface area contributed by atoms with Crippen LogP contribution in [-0.2, 0) is 0 Å². The topological polar surface area (TPSA) is 3.24 Å². The monoisotopic (exact) mass is 263 g/mol. The average Bonchev–Trinajstić information content (AvgIpc) is 3.21. The van der Waals surface area contributed by atoms with Crippen molar-refractivity contribution in [1.82, 2.24) is 4.90 Å². The van der Waals surface area contributed by atoms with Crippen molar-refractivity contribution in [1.29, 1.82) is 0 Å². The molecule has 0 aliphatic heterocycles. The van der Waals surface area contributed by atoms with Crippen molar-refractivity contribution in [3.8, 4) is 0 Å². The third-order valence-corrected chi connectivity index (χ3v) is 4.16. The minimum Gasteiger partial charge on any atom is -0.302 e. The van der Waals surface area contributed by atoms with Crippen molar-refractivity contribution in [3.05, 3.63) is 35.9 Å². The number of hydrogen-bond acceptors (Lipinski definition) is 2. The molecular weight excluding hydrogens is 238 g/mol. The SMILES string of the molecule is CCCN(CC1CC1)CC(CS)c1ccccc1. The summed E-state index contributed by atoms with van der Waals surface area (Å²) in [5.41, 5.74) is 1.43. The second-order valence-corrected chi connectivity index (χ2v) is 5.86. The Bertz CT molecular complexity index is 334. The highest BCUT2D eigenvalue weighted by Crippen LogP contribution is 2.30. The van der Waals surface area contributed by atoms with Crippen molar-refractivity contribution in [2.45, 2.75) is 32.1 Å². The van der Waals surface area contributed by atoms with Gasteiger partial charge in [0.05, 0.1) is 0 Å². The zero-order chi connectivity index (χ0) is 12.8. The fourth-order valence-corrected chi connectivity index (χ4v) is 2.87. The van der Waals surface area contributed by atoms with Gasteiger partial charge in [-0.2, -0.15) is 12.6 Å². The molecule has 1 aromatic rings. The number of rotatable bonds is 8. The van der Waals surface area contributed by atoms with Crippen molar-refractivity contribution in [3.63, 3.8) is 0 Å². The Morgan fingerprint density at radius 3 is 2.56 bits per heavy atom. The normalized spacial score (nSPS) is 17.1. The molecule has 0 heterocycles. The van der Waals surface area contributed by atoms with E-state index in [9.17, 15) is 0 Å². The molecule has 1 aliphatic rings. The van der Waals surface area contributed by atoms with Gasteiger partial charge in [-0.05, 0) is 43.0 Å². The summed E-state index contributed by atoms with van der Waals surface area (Å²) in [5.74, 6) is 2.49. The first-order valence-corrected chi connectivity index (χ1v) is 7.85. The maximum Gasteiger partial charge on any atom is 0.00582 e. The first kappa shape index (κ1) is 14.0. The van der Waals surface area contributed by atoms with Crippen LogP contribution in [0.5, 0.6) is 0 Å². The summed E-state index contributed by atoms with van der Waals surface area (Å²) in [4.78, 5) is 2.64. The highest BCUT2D eigenvalue weighted by atomic mass is 32.1. The van der Waals surface area contributed by atoms with Crippen LogP contribution in [0.2, 0.25) is 0 Å². The molecule has 2 rings (SSSR count). The molecule has 1 unspecified atom stereocenters. The third kappa shape index (κ3) is 4.33. The molecule has 0 saturated heterocycles.